The number of rotatable bonds is 5. The molecule has 0 aliphatic carbocycles. The third-order valence-corrected chi connectivity index (χ3v) is 4.09. The first kappa shape index (κ1) is 16.7. The van der Waals surface area contributed by atoms with Gasteiger partial charge in [0.1, 0.15) is 0 Å². The Morgan fingerprint density at radius 1 is 1.14 bits per heavy atom. The van der Waals surface area contributed by atoms with E-state index in [0.717, 1.165) is 0 Å². The van der Waals surface area contributed by atoms with Crippen molar-refractivity contribution in [2.24, 2.45) is 0 Å². The van der Waals surface area contributed by atoms with Crippen molar-refractivity contribution >= 4 is 32.8 Å². The number of hydrogen-bond acceptors (Lipinski definition) is 1. The molecule has 1 nitrogen and oxygen atoms in total. The predicted molar refractivity (Wildman–Crippen MR) is 67.9 cm³/mol. The maximum Gasteiger partial charge on any atom is 0.370 e. The zero-order valence-corrected chi connectivity index (χ0v) is 11.3. The minimum Gasteiger partial charge on any atom is -0.344 e. The molecular formula is C11H20ClMgN. The van der Waals surface area contributed by atoms with E-state index in [0.29, 0.717) is 0 Å². The first-order valence-electron chi connectivity index (χ1n) is 4.97. The largest absolute Gasteiger partial charge is 0.370 e. The van der Waals surface area contributed by atoms with Gasteiger partial charge in [-0.1, -0.05) is 55.7 Å². The first-order valence-corrected chi connectivity index (χ1v) is 6.97. The molecule has 3 N–H and O–H groups in total. The molecule has 0 radical (unpaired) electrons. The Hall–Kier alpha value is 0.236. The van der Waals surface area contributed by atoms with Gasteiger partial charge in [0.25, 0.3) is 0 Å². The van der Waals surface area contributed by atoms with Crippen LogP contribution < -0.4 is 6.15 Å². The van der Waals surface area contributed by atoms with Crippen molar-refractivity contribution in [3.63, 3.8) is 0 Å². The van der Waals surface area contributed by atoms with Gasteiger partial charge < -0.3 is 6.15 Å². The van der Waals surface area contributed by atoms with Crippen LogP contribution in [0.15, 0.2) is 30.3 Å². The SMILES string of the molecule is CCC[CH2][Mg][CH2]c1ccccc1.Cl.N. The second-order valence-corrected chi connectivity index (χ2v) is 5.21. The molecule has 0 aliphatic heterocycles. The predicted octanol–water partition coefficient (Wildman–Crippen LogP) is 3.69. The van der Waals surface area contributed by atoms with Crippen LogP contribution in [0.5, 0.6) is 0 Å². The van der Waals surface area contributed by atoms with Crippen LogP contribution in [0.3, 0.4) is 0 Å². The molecule has 0 aromatic heterocycles. The van der Waals surface area contributed by atoms with Crippen LogP contribution in [0.2, 0.25) is 4.55 Å². The van der Waals surface area contributed by atoms with E-state index in [-0.39, 0.29) is 38.9 Å². The molecular weight excluding hydrogens is 206 g/mol. The third kappa shape index (κ3) is 7.62. The zero-order chi connectivity index (χ0) is 8.65. The molecule has 0 saturated carbocycles. The van der Waals surface area contributed by atoms with E-state index >= 15 is 0 Å². The van der Waals surface area contributed by atoms with Gasteiger partial charge in [0, 0.05) is 0 Å². The van der Waals surface area contributed by atoms with Crippen molar-refractivity contribution in [2.45, 2.75) is 28.9 Å². The van der Waals surface area contributed by atoms with Crippen molar-refractivity contribution in [3.05, 3.63) is 35.9 Å². The van der Waals surface area contributed by atoms with E-state index in [2.05, 4.69) is 37.3 Å². The normalized spacial score (nSPS) is 8.07. The molecule has 0 aliphatic rings. The molecule has 0 fully saturated rings. The second kappa shape index (κ2) is 11.3. The molecule has 1 rings (SSSR count). The summed E-state index contributed by atoms with van der Waals surface area (Å²) in [6.07, 6.45) is 2.81. The minimum atomic E-state index is 0. The fourth-order valence-electron chi connectivity index (χ4n) is 1.40. The van der Waals surface area contributed by atoms with Gasteiger partial charge >= 0.3 is 20.4 Å². The summed E-state index contributed by atoms with van der Waals surface area (Å²) in [4.78, 5) is 0. The molecule has 0 atom stereocenters. The molecule has 1 aromatic carbocycles. The van der Waals surface area contributed by atoms with Crippen LogP contribution in [0, 0.1) is 0 Å². The van der Waals surface area contributed by atoms with Crippen LogP contribution in [0.1, 0.15) is 25.3 Å². The molecule has 1 aromatic rings. The molecule has 0 heterocycles. The molecule has 0 spiro atoms. The quantitative estimate of drug-likeness (QED) is 0.602. The van der Waals surface area contributed by atoms with Gasteiger partial charge in [-0.2, -0.15) is 0 Å². The topological polar surface area (TPSA) is 35.0 Å². The highest BCUT2D eigenvalue weighted by Gasteiger charge is 1.95. The van der Waals surface area contributed by atoms with Crippen LogP contribution in [0.25, 0.3) is 0 Å². The van der Waals surface area contributed by atoms with Gasteiger partial charge in [0.05, 0.1) is 0 Å². The Morgan fingerprint density at radius 3 is 2.36 bits per heavy atom. The Morgan fingerprint density at radius 2 is 1.79 bits per heavy atom. The summed E-state index contributed by atoms with van der Waals surface area (Å²) in [5.74, 6) is 0. The first-order chi connectivity index (χ1) is 5.93. The fraction of sp³-hybridized carbons (Fsp3) is 0.455. The summed E-state index contributed by atoms with van der Waals surface area (Å²) in [5.41, 5.74) is 1.54. The van der Waals surface area contributed by atoms with Crippen LogP contribution in [0.4, 0.5) is 0 Å². The highest BCUT2D eigenvalue weighted by atomic mass is 35.5. The summed E-state index contributed by atoms with van der Waals surface area (Å²) in [6, 6.07) is 10.9. The van der Waals surface area contributed by atoms with Gasteiger partial charge in [-0.15, -0.1) is 21.5 Å². The average molecular weight is 226 g/mol. The Labute approximate surface area is 103 Å². The second-order valence-electron chi connectivity index (χ2n) is 3.30. The van der Waals surface area contributed by atoms with E-state index in [1.807, 2.05) is 0 Å². The lowest BCUT2D eigenvalue weighted by Gasteiger charge is -1.97. The van der Waals surface area contributed by atoms with E-state index in [4.69, 9.17) is 0 Å². The van der Waals surface area contributed by atoms with Crippen molar-refractivity contribution < 1.29 is 0 Å². The van der Waals surface area contributed by atoms with E-state index < -0.39 is 0 Å². The van der Waals surface area contributed by atoms with E-state index in [9.17, 15) is 0 Å². The summed E-state index contributed by atoms with van der Waals surface area (Å²) in [5, 5.41) is 0. The number of halogens is 1. The molecule has 78 valence electrons. The standard InChI is InChI=1S/C7H7.C4H9.ClH.Mg.H3N/c1-7-5-3-2-4-6-7;1-3-4-2;;;/h2-6H,1H2;1,3-4H2,2H3;1H;;1H3. The van der Waals surface area contributed by atoms with Gasteiger partial charge in [-0.25, -0.2) is 0 Å². The van der Waals surface area contributed by atoms with Gasteiger partial charge in [-0.3, -0.25) is 0 Å². The smallest absolute Gasteiger partial charge is 0.344 e. The Balaban J connectivity index is 0. The molecule has 0 bridgehead atoms. The molecule has 14 heavy (non-hydrogen) atoms. The maximum absolute atomic E-state index is 2.27. The lowest BCUT2D eigenvalue weighted by molar-refractivity contribution is 0.877. The number of benzene rings is 1. The Bertz CT molecular complexity index is 204. The third-order valence-electron chi connectivity index (χ3n) is 2.16. The van der Waals surface area contributed by atoms with Crippen molar-refractivity contribution in [2.75, 3.05) is 0 Å². The van der Waals surface area contributed by atoms with Gasteiger partial charge in [0.15, 0.2) is 0 Å². The monoisotopic (exact) mass is 225 g/mol. The van der Waals surface area contributed by atoms with Crippen molar-refractivity contribution in [1.29, 1.82) is 0 Å². The highest BCUT2D eigenvalue weighted by Crippen LogP contribution is 2.01. The van der Waals surface area contributed by atoms with Crippen LogP contribution in [-0.4, -0.2) is 20.4 Å². The minimum absolute atomic E-state index is 0. The molecule has 0 amide bonds. The van der Waals surface area contributed by atoms with E-state index in [1.54, 1.807) is 5.56 Å². The summed E-state index contributed by atoms with van der Waals surface area (Å²) >= 11 is 0.202. The maximum atomic E-state index is 2.27. The summed E-state index contributed by atoms with van der Waals surface area (Å²) < 4.78 is 2.91. The number of hydrogen-bond donors (Lipinski definition) is 1. The molecule has 0 saturated heterocycles. The lowest BCUT2D eigenvalue weighted by Crippen LogP contribution is -1.95. The lowest BCUT2D eigenvalue weighted by atomic mass is 10.2. The van der Waals surface area contributed by atoms with Gasteiger partial charge in [0.2, 0.25) is 0 Å². The van der Waals surface area contributed by atoms with Crippen LogP contribution >= 0.6 is 12.4 Å². The van der Waals surface area contributed by atoms with Crippen molar-refractivity contribution in [3.8, 4) is 0 Å². The fourth-order valence-corrected chi connectivity index (χ4v) is 3.25. The summed E-state index contributed by atoms with van der Waals surface area (Å²) in [7, 11) is 0. The van der Waals surface area contributed by atoms with Gasteiger partial charge in [-0.05, 0) is 0 Å². The average Bonchev–Trinajstić information content (AvgIpc) is 2.14. The summed E-state index contributed by atoms with van der Waals surface area (Å²) in [6.45, 7) is 2.27. The molecule has 0 unspecified atom stereocenters. The van der Waals surface area contributed by atoms with Crippen molar-refractivity contribution in [1.82, 2.24) is 6.15 Å². The molecule has 3 heteroatoms. The highest BCUT2D eigenvalue weighted by molar-refractivity contribution is 6.34. The Kier molecular flexibility index (Phi) is 13.5. The van der Waals surface area contributed by atoms with E-state index in [1.165, 1.54) is 21.9 Å². The number of unbranched alkanes of at least 4 members (excludes halogenated alkanes) is 1. The zero-order valence-electron chi connectivity index (χ0n) is 9.04. The van der Waals surface area contributed by atoms with Crippen LogP contribution in [-0.2, 0) is 4.55 Å².